The third-order valence-electron chi connectivity index (χ3n) is 2.75. The number of ether oxygens (including phenoxy) is 1. The Hall–Kier alpha value is -1.39. The number of carbonyl (C=O) groups excluding carboxylic acids is 1. The van der Waals surface area contributed by atoms with Crippen molar-refractivity contribution >= 4 is 11.6 Å². The summed E-state index contributed by atoms with van der Waals surface area (Å²) in [5.41, 5.74) is 2.01. The Morgan fingerprint density at radius 1 is 1.26 bits per heavy atom. The number of anilines is 1. The molecule has 106 valence electrons. The summed E-state index contributed by atoms with van der Waals surface area (Å²) >= 11 is 0. The number of hydrogen-bond donors (Lipinski definition) is 2. The summed E-state index contributed by atoms with van der Waals surface area (Å²) < 4.78 is 5.22. The summed E-state index contributed by atoms with van der Waals surface area (Å²) in [7, 11) is 0. The van der Waals surface area contributed by atoms with E-state index < -0.39 is 0 Å². The first-order valence-corrected chi connectivity index (χ1v) is 6.94. The van der Waals surface area contributed by atoms with Gasteiger partial charge in [0.05, 0.1) is 0 Å². The Morgan fingerprint density at radius 2 is 2.05 bits per heavy atom. The summed E-state index contributed by atoms with van der Waals surface area (Å²) in [6.07, 6.45) is 1.25. The van der Waals surface area contributed by atoms with E-state index in [0.29, 0.717) is 19.6 Å². The lowest BCUT2D eigenvalue weighted by Crippen LogP contribution is -2.17. The van der Waals surface area contributed by atoms with E-state index in [1.807, 2.05) is 31.2 Å². The molecule has 0 aliphatic heterocycles. The summed E-state index contributed by atoms with van der Waals surface area (Å²) in [6, 6.07) is 7.88. The summed E-state index contributed by atoms with van der Waals surface area (Å²) in [5, 5.41) is 6.23. The summed E-state index contributed by atoms with van der Waals surface area (Å²) in [4.78, 5) is 11.8. The van der Waals surface area contributed by atoms with Gasteiger partial charge in [-0.15, -0.1) is 0 Å². The molecule has 0 spiro atoms. The van der Waals surface area contributed by atoms with Crippen molar-refractivity contribution in [3.8, 4) is 0 Å². The molecule has 0 bridgehead atoms. The molecule has 0 heterocycles. The molecule has 1 aromatic carbocycles. The number of carbonyl (C=O) groups is 1. The van der Waals surface area contributed by atoms with E-state index in [2.05, 4.69) is 17.6 Å². The van der Waals surface area contributed by atoms with E-state index in [4.69, 9.17) is 4.74 Å². The van der Waals surface area contributed by atoms with Gasteiger partial charge in [-0.25, -0.2) is 0 Å². The monoisotopic (exact) mass is 264 g/mol. The first-order valence-electron chi connectivity index (χ1n) is 6.94. The SMILES string of the molecule is CCNCc1ccccc1NC(=O)CCCOCC. The highest BCUT2D eigenvalue weighted by Crippen LogP contribution is 2.15. The third-order valence-corrected chi connectivity index (χ3v) is 2.75. The smallest absolute Gasteiger partial charge is 0.224 e. The largest absolute Gasteiger partial charge is 0.382 e. The highest BCUT2D eigenvalue weighted by molar-refractivity contribution is 5.91. The van der Waals surface area contributed by atoms with E-state index >= 15 is 0 Å². The molecule has 0 fully saturated rings. The van der Waals surface area contributed by atoms with Gasteiger partial charge in [-0.05, 0) is 31.5 Å². The zero-order valence-electron chi connectivity index (χ0n) is 11.9. The Bertz CT molecular complexity index is 380. The van der Waals surface area contributed by atoms with Crippen LogP contribution in [0.15, 0.2) is 24.3 Å². The number of benzene rings is 1. The fourth-order valence-corrected chi connectivity index (χ4v) is 1.75. The van der Waals surface area contributed by atoms with E-state index in [9.17, 15) is 4.79 Å². The van der Waals surface area contributed by atoms with Crippen LogP contribution in [0.5, 0.6) is 0 Å². The van der Waals surface area contributed by atoms with E-state index in [1.165, 1.54) is 0 Å². The van der Waals surface area contributed by atoms with Crippen molar-refractivity contribution in [2.45, 2.75) is 33.2 Å². The van der Waals surface area contributed by atoms with Gasteiger partial charge in [0.15, 0.2) is 0 Å². The van der Waals surface area contributed by atoms with Gasteiger partial charge in [-0.1, -0.05) is 25.1 Å². The molecule has 1 rings (SSSR count). The third kappa shape index (κ3) is 6.36. The molecule has 2 N–H and O–H groups in total. The molecule has 1 aromatic rings. The maximum absolute atomic E-state index is 11.8. The molecular weight excluding hydrogens is 240 g/mol. The van der Waals surface area contributed by atoms with Crippen molar-refractivity contribution < 1.29 is 9.53 Å². The van der Waals surface area contributed by atoms with Crippen molar-refractivity contribution in [2.24, 2.45) is 0 Å². The number of nitrogens with one attached hydrogen (secondary N) is 2. The maximum atomic E-state index is 11.8. The summed E-state index contributed by atoms with van der Waals surface area (Å²) in [5.74, 6) is 0.0450. The van der Waals surface area contributed by atoms with Crippen LogP contribution in [0.2, 0.25) is 0 Å². The van der Waals surface area contributed by atoms with Crippen LogP contribution in [-0.4, -0.2) is 25.7 Å². The first kappa shape index (κ1) is 15.7. The molecular formula is C15H24N2O2. The Labute approximate surface area is 115 Å². The van der Waals surface area contributed by atoms with Crippen molar-refractivity contribution in [2.75, 3.05) is 25.1 Å². The fraction of sp³-hybridized carbons (Fsp3) is 0.533. The van der Waals surface area contributed by atoms with E-state index in [1.54, 1.807) is 0 Å². The molecule has 0 saturated heterocycles. The van der Waals surface area contributed by atoms with Crippen LogP contribution in [0.25, 0.3) is 0 Å². The maximum Gasteiger partial charge on any atom is 0.224 e. The Morgan fingerprint density at radius 3 is 2.79 bits per heavy atom. The number of amides is 1. The van der Waals surface area contributed by atoms with Crippen LogP contribution in [0.4, 0.5) is 5.69 Å². The van der Waals surface area contributed by atoms with Crippen molar-refractivity contribution in [3.05, 3.63) is 29.8 Å². The molecule has 0 aliphatic carbocycles. The minimum atomic E-state index is 0.0450. The second-order valence-corrected chi connectivity index (χ2v) is 4.29. The molecule has 0 unspecified atom stereocenters. The lowest BCUT2D eigenvalue weighted by atomic mass is 10.1. The van der Waals surface area contributed by atoms with Crippen LogP contribution >= 0.6 is 0 Å². The molecule has 4 heteroatoms. The fourth-order valence-electron chi connectivity index (χ4n) is 1.75. The summed E-state index contributed by atoms with van der Waals surface area (Å²) in [6.45, 7) is 7.05. The second kappa shape index (κ2) is 9.53. The lowest BCUT2D eigenvalue weighted by Gasteiger charge is -2.11. The van der Waals surface area contributed by atoms with Crippen molar-refractivity contribution in [1.82, 2.24) is 5.32 Å². The van der Waals surface area contributed by atoms with Crippen LogP contribution in [0.1, 0.15) is 32.3 Å². The minimum Gasteiger partial charge on any atom is -0.382 e. The van der Waals surface area contributed by atoms with Crippen molar-refractivity contribution in [3.63, 3.8) is 0 Å². The Balaban J connectivity index is 2.44. The predicted octanol–water partition coefficient (Wildman–Crippen LogP) is 2.55. The standard InChI is InChI=1S/C15H24N2O2/c1-3-16-12-13-8-5-6-9-14(13)17-15(18)10-7-11-19-4-2/h5-6,8-9,16H,3-4,7,10-12H2,1-2H3,(H,17,18). The van der Waals surface area contributed by atoms with Crippen LogP contribution < -0.4 is 10.6 Å². The van der Waals surface area contributed by atoms with Gasteiger partial charge >= 0.3 is 0 Å². The minimum absolute atomic E-state index is 0.0450. The topological polar surface area (TPSA) is 50.4 Å². The normalized spacial score (nSPS) is 10.4. The van der Waals surface area contributed by atoms with Gasteiger partial charge in [-0.2, -0.15) is 0 Å². The van der Waals surface area contributed by atoms with Crippen LogP contribution in [0.3, 0.4) is 0 Å². The Kier molecular flexibility index (Phi) is 7.86. The lowest BCUT2D eigenvalue weighted by molar-refractivity contribution is -0.116. The average molecular weight is 264 g/mol. The highest BCUT2D eigenvalue weighted by atomic mass is 16.5. The van der Waals surface area contributed by atoms with Gasteiger partial charge in [0.2, 0.25) is 5.91 Å². The predicted molar refractivity (Wildman–Crippen MR) is 78.2 cm³/mol. The molecule has 0 aliphatic rings. The van der Waals surface area contributed by atoms with Gasteiger partial charge in [-0.3, -0.25) is 4.79 Å². The molecule has 0 radical (unpaired) electrons. The van der Waals surface area contributed by atoms with E-state index in [0.717, 1.165) is 30.8 Å². The molecule has 0 aromatic heterocycles. The van der Waals surface area contributed by atoms with Crippen molar-refractivity contribution in [1.29, 1.82) is 0 Å². The van der Waals surface area contributed by atoms with Gasteiger partial charge in [0.25, 0.3) is 0 Å². The van der Waals surface area contributed by atoms with Crippen LogP contribution in [-0.2, 0) is 16.1 Å². The first-order chi connectivity index (χ1) is 9.27. The number of rotatable bonds is 9. The zero-order valence-corrected chi connectivity index (χ0v) is 11.9. The average Bonchev–Trinajstić information content (AvgIpc) is 2.43. The van der Waals surface area contributed by atoms with Gasteiger partial charge in [0, 0.05) is 31.9 Å². The molecule has 4 nitrogen and oxygen atoms in total. The number of hydrogen-bond acceptors (Lipinski definition) is 3. The quantitative estimate of drug-likeness (QED) is 0.674. The van der Waals surface area contributed by atoms with Crippen LogP contribution in [0, 0.1) is 0 Å². The van der Waals surface area contributed by atoms with Gasteiger partial charge in [0.1, 0.15) is 0 Å². The second-order valence-electron chi connectivity index (χ2n) is 4.29. The zero-order chi connectivity index (χ0) is 13.9. The number of para-hydroxylation sites is 1. The molecule has 1 amide bonds. The van der Waals surface area contributed by atoms with E-state index in [-0.39, 0.29) is 5.91 Å². The highest BCUT2D eigenvalue weighted by Gasteiger charge is 2.05. The molecule has 0 saturated carbocycles. The molecule has 0 atom stereocenters. The van der Waals surface area contributed by atoms with Gasteiger partial charge < -0.3 is 15.4 Å². The molecule has 19 heavy (non-hydrogen) atoms.